The summed E-state index contributed by atoms with van der Waals surface area (Å²) in [4.78, 5) is 10.4. The number of carbonyl (C=O) groups is 1. The molecule has 5 heteroatoms. The number of rotatable bonds is 6. The minimum absolute atomic E-state index is 0.000738. The zero-order valence-corrected chi connectivity index (χ0v) is 9.56. The molecule has 2 unspecified atom stereocenters. The largest absolute Gasteiger partial charge is 0.390 e. The Morgan fingerprint density at radius 2 is 2.18 bits per heavy atom. The zero-order chi connectivity index (χ0) is 12.8. The highest BCUT2D eigenvalue weighted by molar-refractivity contribution is 5.74. The molecule has 0 saturated heterocycles. The maximum absolute atomic E-state index is 13.5. The average Bonchev–Trinajstić information content (AvgIpc) is 2.34. The fourth-order valence-corrected chi connectivity index (χ4v) is 1.51. The lowest BCUT2D eigenvalue weighted by Gasteiger charge is -2.18. The van der Waals surface area contributed by atoms with Crippen LogP contribution in [0.25, 0.3) is 0 Å². The fourth-order valence-electron chi connectivity index (χ4n) is 1.51. The van der Waals surface area contributed by atoms with E-state index in [1.807, 2.05) is 0 Å². The highest BCUT2D eigenvalue weighted by atomic mass is 19.1. The summed E-state index contributed by atoms with van der Waals surface area (Å²) >= 11 is 0. The SMILES string of the molecule is CNCCC(O)C(O)c1ccc(C=O)cc1F. The molecule has 0 saturated carbocycles. The van der Waals surface area contributed by atoms with Gasteiger partial charge in [-0.15, -0.1) is 0 Å². The molecule has 0 aliphatic carbocycles. The molecule has 0 fully saturated rings. The van der Waals surface area contributed by atoms with Gasteiger partial charge in [0.2, 0.25) is 0 Å². The number of aliphatic hydroxyl groups is 2. The van der Waals surface area contributed by atoms with Gasteiger partial charge < -0.3 is 15.5 Å². The van der Waals surface area contributed by atoms with Crippen LogP contribution in [-0.4, -0.2) is 36.2 Å². The van der Waals surface area contributed by atoms with Gasteiger partial charge in [-0.1, -0.05) is 12.1 Å². The maximum Gasteiger partial charge on any atom is 0.150 e. The molecule has 1 aromatic carbocycles. The Balaban J connectivity index is 2.81. The van der Waals surface area contributed by atoms with E-state index in [1.165, 1.54) is 12.1 Å². The van der Waals surface area contributed by atoms with Crippen LogP contribution >= 0.6 is 0 Å². The van der Waals surface area contributed by atoms with Crippen LogP contribution in [0.2, 0.25) is 0 Å². The van der Waals surface area contributed by atoms with Gasteiger partial charge in [0, 0.05) is 11.1 Å². The predicted molar refractivity (Wildman–Crippen MR) is 61.3 cm³/mol. The van der Waals surface area contributed by atoms with Gasteiger partial charge in [-0.3, -0.25) is 4.79 Å². The van der Waals surface area contributed by atoms with Crippen molar-refractivity contribution in [2.24, 2.45) is 0 Å². The summed E-state index contributed by atoms with van der Waals surface area (Å²) in [5, 5.41) is 22.2. The topological polar surface area (TPSA) is 69.6 Å². The maximum atomic E-state index is 13.5. The highest BCUT2D eigenvalue weighted by Gasteiger charge is 2.21. The molecular weight excluding hydrogens is 225 g/mol. The van der Waals surface area contributed by atoms with Gasteiger partial charge in [0.25, 0.3) is 0 Å². The monoisotopic (exact) mass is 241 g/mol. The van der Waals surface area contributed by atoms with E-state index in [-0.39, 0.29) is 11.1 Å². The van der Waals surface area contributed by atoms with Gasteiger partial charge in [0.05, 0.1) is 6.10 Å². The number of hydrogen-bond acceptors (Lipinski definition) is 4. The third-order valence-corrected chi connectivity index (χ3v) is 2.53. The van der Waals surface area contributed by atoms with Crippen molar-refractivity contribution in [3.63, 3.8) is 0 Å². The van der Waals surface area contributed by atoms with Crippen LogP contribution in [-0.2, 0) is 0 Å². The van der Waals surface area contributed by atoms with Gasteiger partial charge in [-0.25, -0.2) is 4.39 Å². The Morgan fingerprint density at radius 1 is 1.47 bits per heavy atom. The Hall–Kier alpha value is -1.30. The molecule has 0 amide bonds. The first-order valence-electron chi connectivity index (χ1n) is 5.35. The lowest BCUT2D eigenvalue weighted by atomic mass is 10.0. The summed E-state index contributed by atoms with van der Waals surface area (Å²) in [6, 6.07) is 3.75. The predicted octanol–water partition coefficient (Wildman–Crippen LogP) is 0.642. The van der Waals surface area contributed by atoms with Crippen molar-refractivity contribution in [2.75, 3.05) is 13.6 Å². The number of aliphatic hydroxyl groups excluding tert-OH is 2. The van der Waals surface area contributed by atoms with E-state index in [9.17, 15) is 19.4 Å². The molecule has 1 rings (SSSR count). The van der Waals surface area contributed by atoms with Crippen molar-refractivity contribution in [1.29, 1.82) is 0 Å². The summed E-state index contributed by atoms with van der Waals surface area (Å²) < 4.78 is 13.5. The van der Waals surface area contributed by atoms with Crippen LogP contribution < -0.4 is 5.32 Å². The molecule has 1 aromatic rings. The zero-order valence-electron chi connectivity index (χ0n) is 9.56. The van der Waals surface area contributed by atoms with Crippen molar-refractivity contribution in [1.82, 2.24) is 5.32 Å². The molecule has 0 aliphatic heterocycles. The molecule has 0 heterocycles. The second-order valence-electron chi connectivity index (χ2n) is 3.80. The first-order valence-corrected chi connectivity index (χ1v) is 5.35. The van der Waals surface area contributed by atoms with Crippen LogP contribution in [0.1, 0.15) is 28.4 Å². The van der Waals surface area contributed by atoms with E-state index >= 15 is 0 Å². The molecule has 0 spiro atoms. The number of benzene rings is 1. The van der Waals surface area contributed by atoms with Gasteiger partial charge >= 0.3 is 0 Å². The van der Waals surface area contributed by atoms with Gasteiger partial charge in [-0.05, 0) is 26.1 Å². The molecule has 4 nitrogen and oxygen atoms in total. The van der Waals surface area contributed by atoms with Gasteiger partial charge in [0.15, 0.2) is 0 Å². The first-order chi connectivity index (χ1) is 8.10. The smallest absolute Gasteiger partial charge is 0.150 e. The van der Waals surface area contributed by atoms with E-state index < -0.39 is 18.0 Å². The van der Waals surface area contributed by atoms with Crippen LogP contribution in [0.5, 0.6) is 0 Å². The van der Waals surface area contributed by atoms with Crippen molar-refractivity contribution >= 4 is 6.29 Å². The second kappa shape index (κ2) is 6.44. The Morgan fingerprint density at radius 3 is 2.71 bits per heavy atom. The average molecular weight is 241 g/mol. The van der Waals surface area contributed by atoms with E-state index in [0.717, 1.165) is 6.07 Å². The summed E-state index contributed by atoms with van der Waals surface area (Å²) in [7, 11) is 1.72. The number of nitrogens with one attached hydrogen (secondary N) is 1. The summed E-state index contributed by atoms with van der Waals surface area (Å²) in [6.45, 7) is 0.520. The quantitative estimate of drug-likeness (QED) is 0.639. The Kier molecular flexibility index (Phi) is 5.21. The second-order valence-corrected chi connectivity index (χ2v) is 3.80. The summed E-state index contributed by atoms with van der Waals surface area (Å²) in [6.07, 6.45) is -1.49. The number of aldehydes is 1. The summed E-state index contributed by atoms with van der Waals surface area (Å²) in [5.74, 6) is -0.689. The van der Waals surface area contributed by atoms with Gasteiger partial charge in [0.1, 0.15) is 18.2 Å². The molecule has 94 valence electrons. The lowest BCUT2D eigenvalue weighted by molar-refractivity contribution is 0.0120. The molecular formula is C12H16FNO3. The van der Waals surface area contributed by atoms with E-state index in [1.54, 1.807) is 7.05 Å². The van der Waals surface area contributed by atoms with Gasteiger partial charge in [-0.2, -0.15) is 0 Å². The van der Waals surface area contributed by atoms with Crippen molar-refractivity contribution in [3.8, 4) is 0 Å². The molecule has 0 radical (unpaired) electrons. The third kappa shape index (κ3) is 3.59. The highest BCUT2D eigenvalue weighted by Crippen LogP contribution is 2.22. The van der Waals surface area contributed by atoms with Crippen LogP contribution in [0.3, 0.4) is 0 Å². The number of hydrogen-bond donors (Lipinski definition) is 3. The Bertz CT molecular complexity index is 384. The minimum Gasteiger partial charge on any atom is -0.390 e. The molecule has 3 N–H and O–H groups in total. The normalized spacial score (nSPS) is 14.4. The molecule has 17 heavy (non-hydrogen) atoms. The number of halogens is 1. The fraction of sp³-hybridized carbons (Fsp3) is 0.417. The number of carbonyl (C=O) groups excluding carboxylic acids is 1. The van der Waals surface area contributed by atoms with Crippen molar-refractivity contribution in [2.45, 2.75) is 18.6 Å². The molecule has 2 atom stereocenters. The standard InChI is InChI=1S/C12H16FNO3/c1-14-5-4-11(16)12(17)9-3-2-8(7-15)6-10(9)13/h2-3,6-7,11-12,14,16-17H,4-5H2,1H3. The van der Waals surface area contributed by atoms with Crippen LogP contribution in [0.15, 0.2) is 18.2 Å². The summed E-state index contributed by atoms with van der Waals surface area (Å²) in [5.41, 5.74) is 0.197. The molecule has 0 aliphatic rings. The van der Waals surface area contributed by atoms with Crippen molar-refractivity contribution < 1.29 is 19.4 Å². The van der Waals surface area contributed by atoms with Crippen LogP contribution in [0, 0.1) is 5.82 Å². The van der Waals surface area contributed by atoms with Crippen LogP contribution in [0.4, 0.5) is 4.39 Å². The first kappa shape index (κ1) is 13.8. The van der Waals surface area contributed by atoms with E-state index in [2.05, 4.69) is 5.32 Å². The molecule has 0 bridgehead atoms. The third-order valence-electron chi connectivity index (χ3n) is 2.53. The molecule has 0 aromatic heterocycles. The minimum atomic E-state index is -1.29. The van der Waals surface area contributed by atoms with E-state index in [4.69, 9.17) is 0 Å². The Labute approximate surface area is 99.1 Å². The van der Waals surface area contributed by atoms with Crippen molar-refractivity contribution in [3.05, 3.63) is 35.1 Å². The lowest BCUT2D eigenvalue weighted by Crippen LogP contribution is -2.24. The van der Waals surface area contributed by atoms with E-state index in [0.29, 0.717) is 19.3 Å².